The third-order valence-corrected chi connectivity index (χ3v) is 15.0. The minimum absolute atomic E-state index is 0.0191. The molecular weight excluding hydrogens is 925 g/mol. The van der Waals surface area contributed by atoms with Crippen LogP contribution in [0.1, 0.15) is 61.9 Å². The number of piperazine rings is 1. The van der Waals surface area contributed by atoms with Gasteiger partial charge < -0.3 is 29.6 Å². The number of hydrogen-bond donors (Lipinski definition) is 3. The van der Waals surface area contributed by atoms with Gasteiger partial charge >= 0.3 is 6.18 Å². The summed E-state index contributed by atoms with van der Waals surface area (Å²) in [5.74, 6) is -1.28. The molecule has 1 amide bonds. The van der Waals surface area contributed by atoms with E-state index in [-0.39, 0.29) is 45.5 Å². The van der Waals surface area contributed by atoms with Crippen molar-refractivity contribution in [2.45, 2.75) is 63.1 Å². The van der Waals surface area contributed by atoms with E-state index in [2.05, 4.69) is 51.1 Å². The van der Waals surface area contributed by atoms with Crippen LogP contribution >= 0.6 is 11.6 Å². The van der Waals surface area contributed by atoms with Crippen LogP contribution in [0, 0.1) is 21.4 Å². The number of fused-ring (bicyclic) bond motifs is 2. The lowest BCUT2D eigenvalue weighted by Gasteiger charge is -2.40. The van der Waals surface area contributed by atoms with E-state index >= 15 is 0 Å². The highest BCUT2D eigenvalue weighted by atomic mass is 35.5. The number of halogens is 4. The van der Waals surface area contributed by atoms with Gasteiger partial charge in [0.2, 0.25) is 12.0 Å². The number of alkyl halides is 3. The van der Waals surface area contributed by atoms with Crippen LogP contribution in [0.15, 0.2) is 89.5 Å². The van der Waals surface area contributed by atoms with E-state index in [0.29, 0.717) is 62.0 Å². The van der Waals surface area contributed by atoms with Gasteiger partial charge in [0.1, 0.15) is 17.0 Å². The molecule has 3 N–H and O–H groups in total. The van der Waals surface area contributed by atoms with E-state index in [1.54, 1.807) is 30.5 Å². The highest BCUT2D eigenvalue weighted by molar-refractivity contribution is 7.90. The van der Waals surface area contributed by atoms with Crippen molar-refractivity contribution in [1.82, 2.24) is 19.6 Å². The molecule has 2 saturated heterocycles. The number of ether oxygens (including phenoxy) is 2. The maximum atomic E-state index is 14.6. The first-order chi connectivity index (χ1) is 32.4. The predicted molar refractivity (Wildman–Crippen MR) is 254 cm³/mol. The van der Waals surface area contributed by atoms with E-state index < -0.39 is 50.3 Å². The zero-order valence-electron chi connectivity index (χ0n) is 37.6. The fourth-order valence-corrected chi connectivity index (χ4v) is 10.6. The molecule has 15 nitrogen and oxygen atoms in total. The number of nitrogens with zero attached hydrogens (tertiary/aromatic N) is 5. The van der Waals surface area contributed by atoms with Crippen molar-refractivity contribution < 1.29 is 40.8 Å². The molecule has 0 radical (unpaired) electrons. The Hall–Kier alpha value is -5.89. The Balaban J connectivity index is 1.02. The molecule has 3 aliphatic heterocycles. The number of sulfonamides is 1. The van der Waals surface area contributed by atoms with Crippen molar-refractivity contribution in [2.75, 3.05) is 74.1 Å². The molecule has 4 aliphatic rings. The molecule has 1 aliphatic carbocycles. The average Bonchev–Trinajstić information content (AvgIpc) is 3.78. The zero-order valence-corrected chi connectivity index (χ0v) is 39.1. The van der Waals surface area contributed by atoms with Crippen molar-refractivity contribution in [1.29, 1.82) is 0 Å². The number of amides is 1. The van der Waals surface area contributed by atoms with Gasteiger partial charge in [-0.2, -0.15) is 18.2 Å². The second-order valence-corrected chi connectivity index (χ2v) is 20.8. The van der Waals surface area contributed by atoms with Gasteiger partial charge in [0.15, 0.2) is 0 Å². The Morgan fingerprint density at radius 3 is 2.47 bits per heavy atom. The summed E-state index contributed by atoms with van der Waals surface area (Å²) in [6.45, 7) is 8.62. The van der Waals surface area contributed by atoms with Gasteiger partial charge in [0.05, 0.1) is 27.6 Å². The highest BCUT2D eigenvalue weighted by Crippen LogP contribution is 2.46. The number of nitrogens with one attached hydrogen (secondary N) is 3. The molecule has 360 valence electrons. The largest absolute Gasteiger partial charge is 0.461 e. The van der Waals surface area contributed by atoms with Gasteiger partial charge in [-0.25, -0.2) is 13.1 Å². The molecule has 68 heavy (non-hydrogen) atoms. The van der Waals surface area contributed by atoms with Crippen LogP contribution in [0.3, 0.4) is 0 Å². The summed E-state index contributed by atoms with van der Waals surface area (Å²) in [5, 5.41) is 16.5. The number of allylic oxidation sites excluding steroid dienone is 1. The van der Waals surface area contributed by atoms with Crippen molar-refractivity contribution >= 4 is 72.6 Å². The molecule has 0 bridgehead atoms. The van der Waals surface area contributed by atoms with Crippen LogP contribution in [0.5, 0.6) is 5.88 Å². The van der Waals surface area contributed by atoms with E-state index in [4.69, 9.17) is 21.1 Å². The van der Waals surface area contributed by atoms with Crippen LogP contribution in [0.25, 0.3) is 16.6 Å². The Bertz CT molecular complexity index is 2860. The number of pyridine rings is 1. The molecule has 3 aromatic carbocycles. The van der Waals surface area contributed by atoms with Crippen LogP contribution in [-0.2, 0) is 14.8 Å². The third kappa shape index (κ3) is 10.3. The van der Waals surface area contributed by atoms with Crippen molar-refractivity contribution in [3.05, 3.63) is 111 Å². The van der Waals surface area contributed by atoms with Gasteiger partial charge in [0, 0.05) is 80.8 Å². The second kappa shape index (κ2) is 18.9. The maximum Gasteiger partial charge on any atom is 0.427 e. The van der Waals surface area contributed by atoms with E-state index in [1.165, 1.54) is 33.7 Å². The van der Waals surface area contributed by atoms with Crippen LogP contribution in [0.4, 0.5) is 41.6 Å². The van der Waals surface area contributed by atoms with E-state index in [0.717, 1.165) is 50.8 Å². The summed E-state index contributed by atoms with van der Waals surface area (Å²) in [5.41, 5.74) is 4.39. The van der Waals surface area contributed by atoms with Crippen LogP contribution < -0.4 is 24.6 Å². The lowest BCUT2D eigenvalue weighted by molar-refractivity contribution is -0.384. The predicted octanol–water partition coefficient (Wildman–Crippen LogP) is 9.33. The van der Waals surface area contributed by atoms with Crippen molar-refractivity contribution in [3.63, 3.8) is 0 Å². The fraction of sp³-hybridized carbons (Fsp3) is 0.417. The first kappa shape index (κ1) is 47.2. The summed E-state index contributed by atoms with van der Waals surface area (Å²) in [4.78, 5) is 38.3. The summed E-state index contributed by atoms with van der Waals surface area (Å²) in [6, 6.07) is 19.2. The number of aromatic amines is 1. The quantitative estimate of drug-likeness (QED) is 0.0800. The minimum atomic E-state index is -4.85. The molecule has 2 aromatic heterocycles. The van der Waals surface area contributed by atoms with Crippen LogP contribution in [0.2, 0.25) is 5.02 Å². The molecule has 0 spiro atoms. The molecule has 9 rings (SSSR count). The molecule has 5 aromatic rings. The number of H-pyrrole nitrogens is 1. The SMILES string of the molecule is CC1(C)CCC(CN2CCN(c3ccc(C(=O)NS(=O)(=O)c4ccc(NCC5CCOCC5)c([N+](=O)[O-])c4)c(N4C[C@H](C(F)(F)F)Oc5nc6[nH]ccc6cc54)c3)CC2)=C(c2ccc(Cl)cc2)C1. The number of nitro benzene ring substituents is 1. The number of nitro groups is 1. The number of benzene rings is 3. The monoisotopic (exact) mass is 976 g/mol. The maximum absolute atomic E-state index is 14.6. The zero-order chi connectivity index (χ0) is 48.0. The van der Waals surface area contributed by atoms with Crippen molar-refractivity contribution in [3.8, 4) is 5.88 Å². The Morgan fingerprint density at radius 2 is 1.75 bits per heavy atom. The first-order valence-electron chi connectivity index (χ1n) is 22.7. The summed E-state index contributed by atoms with van der Waals surface area (Å²) in [7, 11) is -4.77. The van der Waals surface area contributed by atoms with E-state index in [1.807, 2.05) is 16.9 Å². The number of carbonyl (C=O) groups excluding carboxylic acids is 1. The van der Waals surface area contributed by atoms with Crippen LogP contribution in [-0.4, -0.2) is 105 Å². The smallest absolute Gasteiger partial charge is 0.427 e. The molecule has 0 unspecified atom stereocenters. The average molecular weight is 978 g/mol. The van der Waals surface area contributed by atoms with Crippen molar-refractivity contribution in [2.24, 2.45) is 11.3 Å². The Kier molecular flexibility index (Phi) is 13.1. The molecular formula is C48H52ClF3N8O7S. The molecule has 1 atom stereocenters. The summed E-state index contributed by atoms with van der Waals surface area (Å²) in [6.07, 6.45) is -1.12. The number of hydrogen-bond acceptors (Lipinski definition) is 12. The molecule has 5 heterocycles. The van der Waals surface area contributed by atoms with Gasteiger partial charge in [-0.1, -0.05) is 43.2 Å². The lowest BCUT2D eigenvalue weighted by Crippen LogP contribution is -2.48. The first-order valence-corrected chi connectivity index (χ1v) is 24.5. The molecule has 0 saturated carbocycles. The summed E-state index contributed by atoms with van der Waals surface area (Å²) >= 11 is 6.24. The Morgan fingerprint density at radius 1 is 1.00 bits per heavy atom. The fourth-order valence-electron chi connectivity index (χ4n) is 9.52. The van der Waals surface area contributed by atoms with E-state index in [9.17, 15) is 36.5 Å². The normalized spacial score (nSPS) is 19.4. The third-order valence-electron chi connectivity index (χ3n) is 13.4. The standard InChI is InChI=1S/C48H52ClF3N8O7S/c1-47(2)15-11-33(38(26-47)31-3-5-34(49)6-4-31)28-57-17-19-58(20-18-57)35-7-9-37(40(24-35)59-29-43(48(50,51)52)67-46-42(59)23-32-12-16-53-44(32)55-46)45(61)56-68(64,65)36-8-10-39(41(25-36)60(62)63)54-27-30-13-21-66-22-14-30/h3-10,12,16,23-25,30,43,54H,11,13-15,17-22,26-29H2,1-2H3,(H,53,55)(H,56,61)/t43-/m1/s1. The number of carbonyl (C=O) groups is 1. The highest BCUT2D eigenvalue weighted by Gasteiger charge is 2.47. The molecule has 2 fully saturated rings. The summed E-state index contributed by atoms with van der Waals surface area (Å²) < 4.78 is 84.6. The van der Waals surface area contributed by atoms with Gasteiger partial charge in [-0.3, -0.25) is 19.8 Å². The minimum Gasteiger partial charge on any atom is -0.461 e. The number of aromatic nitrogens is 2. The Labute approximate surface area is 396 Å². The van der Waals surface area contributed by atoms with Gasteiger partial charge in [-0.05, 0) is 109 Å². The molecule has 20 heteroatoms. The number of rotatable bonds is 12. The number of anilines is 4. The topological polar surface area (TPSA) is 175 Å². The second-order valence-electron chi connectivity index (χ2n) is 18.7. The lowest BCUT2D eigenvalue weighted by atomic mass is 9.72. The van der Waals surface area contributed by atoms with Gasteiger partial charge in [0.25, 0.3) is 21.6 Å². The van der Waals surface area contributed by atoms with Gasteiger partial charge in [-0.15, -0.1) is 0 Å².